The number of rotatable bonds is 5. The molecule has 0 radical (unpaired) electrons. The highest BCUT2D eigenvalue weighted by Gasteiger charge is 2.12. The van der Waals surface area contributed by atoms with Gasteiger partial charge in [-0.2, -0.15) is 0 Å². The number of carbonyl (C=O) groups excluding carboxylic acids is 2. The number of benzene rings is 2. The second-order valence-electron chi connectivity index (χ2n) is 5.63. The predicted octanol–water partition coefficient (Wildman–Crippen LogP) is 4.13. The Morgan fingerprint density at radius 3 is 2.17 bits per heavy atom. The first-order valence-corrected chi connectivity index (χ1v) is 8.82. The van der Waals surface area contributed by atoms with E-state index in [1.54, 1.807) is 23.9 Å². The van der Waals surface area contributed by atoms with Crippen LogP contribution in [0.1, 0.15) is 27.0 Å². The Labute approximate surface area is 146 Å². The molecule has 0 aromatic heterocycles. The second-order valence-corrected chi connectivity index (χ2v) is 6.51. The summed E-state index contributed by atoms with van der Waals surface area (Å²) in [7, 11) is 0. The summed E-state index contributed by atoms with van der Waals surface area (Å²) in [6.45, 7) is 5.58. The minimum absolute atomic E-state index is 0.310. The third-order valence-corrected chi connectivity index (χ3v) is 4.35. The monoisotopic (exact) mass is 343 g/mol. The molecule has 0 aliphatic rings. The van der Waals surface area contributed by atoms with Gasteiger partial charge in [0.15, 0.2) is 6.61 Å². The van der Waals surface area contributed by atoms with Crippen molar-refractivity contribution in [2.24, 2.45) is 0 Å². The van der Waals surface area contributed by atoms with Gasteiger partial charge in [0.2, 0.25) is 0 Å². The van der Waals surface area contributed by atoms with Crippen LogP contribution in [-0.2, 0) is 9.53 Å². The van der Waals surface area contributed by atoms with E-state index in [0.717, 1.165) is 27.3 Å². The largest absolute Gasteiger partial charge is 0.452 e. The van der Waals surface area contributed by atoms with Crippen LogP contribution in [0.3, 0.4) is 0 Å². The first-order valence-electron chi connectivity index (χ1n) is 7.59. The standard InChI is InChI=1S/C19H21NO3S/c1-12-9-13(2)18(14(3)10-12)20-17(21)11-23-19(22)15-5-7-16(24-4)8-6-15/h5-10H,11H2,1-4H3,(H,20,21). The lowest BCUT2D eigenvalue weighted by molar-refractivity contribution is -0.119. The summed E-state index contributed by atoms with van der Waals surface area (Å²) in [6, 6.07) is 11.1. The fourth-order valence-corrected chi connectivity index (χ4v) is 2.90. The number of hydrogen-bond donors (Lipinski definition) is 1. The number of nitrogens with one attached hydrogen (secondary N) is 1. The summed E-state index contributed by atoms with van der Waals surface area (Å²) in [5, 5.41) is 2.81. The molecule has 1 amide bonds. The predicted molar refractivity (Wildman–Crippen MR) is 97.8 cm³/mol. The third kappa shape index (κ3) is 4.61. The molecule has 2 rings (SSSR count). The van der Waals surface area contributed by atoms with Crippen molar-refractivity contribution in [1.29, 1.82) is 0 Å². The van der Waals surface area contributed by atoms with Crippen molar-refractivity contribution in [1.82, 2.24) is 0 Å². The summed E-state index contributed by atoms with van der Waals surface area (Å²) in [6.07, 6.45) is 1.96. The lowest BCUT2D eigenvalue weighted by Crippen LogP contribution is -2.21. The van der Waals surface area contributed by atoms with E-state index in [-0.39, 0.29) is 12.5 Å². The van der Waals surface area contributed by atoms with Gasteiger partial charge in [-0.25, -0.2) is 4.79 Å². The first-order chi connectivity index (χ1) is 11.4. The fraction of sp³-hybridized carbons (Fsp3) is 0.263. The molecule has 0 heterocycles. The Kier molecular flexibility index (Phi) is 6.04. The molecule has 2 aromatic carbocycles. The Balaban J connectivity index is 1.94. The number of thioether (sulfide) groups is 1. The van der Waals surface area contributed by atoms with Gasteiger partial charge in [0, 0.05) is 10.6 Å². The van der Waals surface area contributed by atoms with E-state index in [4.69, 9.17) is 4.74 Å². The number of amides is 1. The summed E-state index contributed by atoms with van der Waals surface area (Å²) in [5.41, 5.74) is 4.32. The number of aryl methyl sites for hydroxylation is 3. The molecule has 0 atom stereocenters. The van der Waals surface area contributed by atoms with Crippen LogP contribution in [0.25, 0.3) is 0 Å². The molecular formula is C19H21NO3S. The van der Waals surface area contributed by atoms with E-state index >= 15 is 0 Å². The van der Waals surface area contributed by atoms with Gasteiger partial charge in [0.1, 0.15) is 0 Å². The molecule has 0 aliphatic carbocycles. The number of carbonyl (C=O) groups is 2. The zero-order chi connectivity index (χ0) is 17.7. The molecule has 0 bridgehead atoms. The van der Waals surface area contributed by atoms with Crippen LogP contribution in [-0.4, -0.2) is 24.7 Å². The number of anilines is 1. The highest BCUT2D eigenvalue weighted by atomic mass is 32.2. The quantitative estimate of drug-likeness (QED) is 0.655. The SMILES string of the molecule is CSc1ccc(C(=O)OCC(=O)Nc2c(C)cc(C)cc2C)cc1. The van der Waals surface area contributed by atoms with E-state index in [1.807, 2.05) is 51.3 Å². The molecule has 0 aliphatic heterocycles. The summed E-state index contributed by atoms with van der Waals surface area (Å²) in [4.78, 5) is 25.1. The summed E-state index contributed by atoms with van der Waals surface area (Å²) < 4.78 is 5.08. The maximum atomic E-state index is 12.0. The van der Waals surface area contributed by atoms with Crippen LogP contribution in [0, 0.1) is 20.8 Å². The van der Waals surface area contributed by atoms with Crippen LogP contribution in [0.4, 0.5) is 5.69 Å². The topological polar surface area (TPSA) is 55.4 Å². The number of esters is 1. The normalized spacial score (nSPS) is 10.3. The van der Waals surface area contributed by atoms with E-state index < -0.39 is 5.97 Å². The zero-order valence-corrected chi connectivity index (χ0v) is 15.1. The molecule has 24 heavy (non-hydrogen) atoms. The first kappa shape index (κ1) is 18.1. The van der Waals surface area contributed by atoms with Crippen LogP contribution >= 0.6 is 11.8 Å². The molecule has 0 fully saturated rings. The van der Waals surface area contributed by atoms with Gasteiger partial charge in [-0.1, -0.05) is 17.7 Å². The maximum absolute atomic E-state index is 12.0. The number of ether oxygens (including phenoxy) is 1. The molecule has 2 aromatic rings. The molecular weight excluding hydrogens is 322 g/mol. The highest BCUT2D eigenvalue weighted by Crippen LogP contribution is 2.21. The lowest BCUT2D eigenvalue weighted by atomic mass is 10.1. The van der Waals surface area contributed by atoms with Crippen LogP contribution in [0.15, 0.2) is 41.3 Å². The van der Waals surface area contributed by atoms with E-state index in [2.05, 4.69) is 5.32 Å². The molecule has 0 spiro atoms. The van der Waals surface area contributed by atoms with Crippen molar-refractivity contribution in [2.75, 3.05) is 18.2 Å². The highest BCUT2D eigenvalue weighted by molar-refractivity contribution is 7.98. The molecule has 0 unspecified atom stereocenters. The Morgan fingerprint density at radius 2 is 1.62 bits per heavy atom. The second kappa shape index (κ2) is 8.02. The summed E-state index contributed by atoms with van der Waals surface area (Å²) >= 11 is 1.60. The van der Waals surface area contributed by atoms with Crippen molar-refractivity contribution in [3.05, 3.63) is 58.7 Å². The Bertz CT molecular complexity index is 731. The van der Waals surface area contributed by atoms with Crippen molar-refractivity contribution >= 4 is 29.3 Å². The average Bonchev–Trinajstić information content (AvgIpc) is 2.56. The zero-order valence-electron chi connectivity index (χ0n) is 14.3. The van der Waals surface area contributed by atoms with Crippen molar-refractivity contribution < 1.29 is 14.3 Å². The van der Waals surface area contributed by atoms with Gasteiger partial charge in [0.05, 0.1) is 5.56 Å². The molecule has 0 saturated carbocycles. The van der Waals surface area contributed by atoms with Gasteiger partial charge in [-0.05, 0) is 62.4 Å². The van der Waals surface area contributed by atoms with Crippen molar-refractivity contribution in [2.45, 2.75) is 25.7 Å². The minimum Gasteiger partial charge on any atom is -0.452 e. The smallest absolute Gasteiger partial charge is 0.338 e. The minimum atomic E-state index is -0.504. The van der Waals surface area contributed by atoms with Crippen LogP contribution < -0.4 is 5.32 Å². The third-order valence-electron chi connectivity index (χ3n) is 3.60. The van der Waals surface area contributed by atoms with E-state index in [9.17, 15) is 9.59 Å². The van der Waals surface area contributed by atoms with Gasteiger partial charge in [-0.3, -0.25) is 4.79 Å². The average molecular weight is 343 g/mol. The van der Waals surface area contributed by atoms with Gasteiger partial charge >= 0.3 is 5.97 Å². The fourth-order valence-electron chi connectivity index (χ4n) is 2.49. The molecule has 1 N–H and O–H groups in total. The van der Waals surface area contributed by atoms with Gasteiger partial charge in [0.25, 0.3) is 5.91 Å². The van der Waals surface area contributed by atoms with Crippen molar-refractivity contribution in [3.63, 3.8) is 0 Å². The number of hydrogen-bond acceptors (Lipinski definition) is 4. The van der Waals surface area contributed by atoms with Crippen molar-refractivity contribution in [3.8, 4) is 0 Å². The molecule has 126 valence electrons. The summed E-state index contributed by atoms with van der Waals surface area (Å²) in [5.74, 6) is -0.853. The van der Waals surface area contributed by atoms with Gasteiger partial charge in [-0.15, -0.1) is 11.8 Å². The Morgan fingerprint density at radius 1 is 1.04 bits per heavy atom. The van der Waals surface area contributed by atoms with Gasteiger partial charge < -0.3 is 10.1 Å². The maximum Gasteiger partial charge on any atom is 0.338 e. The van der Waals surface area contributed by atoms with Crippen LogP contribution in [0.2, 0.25) is 0 Å². The molecule has 4 nitrogen and oxygen atoms in total. The van der Waals surface area contributed by atoms with Crippen LogP contribution in [0.5, 0.6) is 0 Å². The lowest BCUT2D eigenvalue weighted by Gasteiger charge is -2.13. The molecule has 0 saturated heterocycles. The van der Waals surface area contributed by atoms with E-state index in [1.165, 1.54) is 0 Å². The van der Waals surface area contributed by atoms with E-state index in [0.29, 0.717) is 5.56 Å². The Hall–Kier alpha value is -2.27. The molecule has 5 heteroatoms.